The molecule has 0 unspecified atom stereocenters. The van der Waals surface area contributed by atoms with Crippen LogP contribution in [-0.2, 0) is 0 Å². The van der Waals surface area contributed by atoms with E-state index < -0.39 is 11.9 Å². The molecule has 2 N–H and O–H groups in total. The third-order valence-electron chi connectivity index (χ3n) is 2.03. The van der Waals surface area contributed by atoms with Crippen molar-refractivity contribution in [3.63, 3.8) is 0 Å². The van der Waals surface area contributed by atoms with Crippen molar-refractivity contribution in [1.82, 2.24) is 4.98 Å². The third kappa shape index (κ3) is 2.48. The van der Waals surface area contributed by atoms with Gasteiger partial charge in [0, 0.05) is 11.6 Å². The first-order valence-corrected chi connectivity index (χ1v) is 5.64. The highest BCUT2D eigenvalue weighted by molar-refractivity contribution is 7.08. The molecule has 86 valence electrons. The van der Waals surface area contributed by atoms with E-state index in [0.717, 1.165) is 0 Å². The summed E-state index contributed by atoms with van der Waals surface area (Å²) in [7, 11) is 0. The quantitative estimate of drug-likeness (QED) is 0.871. The van der Waals surface area contributed by atoms with Gasteiger partial charge in [-0.1, -0.05) is 0 Å². The van der Waals surface area contributed by atoms with Gasteiger partial charge in [-0.3, -0.25) is 9.78 Å². The fraction of sp³-hybridized carbons (Fsp3) is 0. The molecule has 0 aliphatic carbocycles. The number of rotatable bonds is 3. The minimum Gasteiger partial charge on any atom is -0.478 e. The Kier molecular flexibility index (Phi) is 3.15. The number of carboxylic acid groups (broad SMARTS) is 1. The van der Waals surface area contributed by atoms with E-state index in [1.165, 1.54) is 29.7 Å². The molecule has 6 heteroatoms. The lowest BCUT2D eigenvalue weighted by Crippen LogP contribution is -2.17. The lowest BCUT2D eigenvalue weighted by Gasteiger charge is -2.04. The van der Waals surface area contributed by atoms with Crippen LogP contribution in [0.5, 0.6) is 0 Å². The van der Waals surface area contributed by atoms with Crippen molar-refractivity contribution in [1.29, 1.82) is 0 Å². The summed E-state index contributed by atoms with van der Waals surface area (Å²) in [5, 5.41) is 15.1. The standard InChI is InChI=1S/C11H8N2O3S/c14-10(13-7-3-5-17-6-7)9-8(11(15)16)2-1-4-12-9/h1-6H,(H,13,14)(H,15,16). The smallest absolute Gasteiger partial charge is 0.338 e. The van der Waals surface area contributed by atoms with Crippen molar-refractivity contribution in [3.05, 3.63) is 46.4 Å². The SMILES string of the molecule is O=C(O)c1cccnc1C(=O)Nc1ccsc1. The average Bonchev–Trinajstić information content (AvgIpc) is 2.81. The van der Waals surface area contributed by atoms with Crippen molar-refractivity contribution in [2.24, 2.45) is 0 Å². The first-order chi connectivity index (χ1) is 8.18. The predicted octanol–water partition coefficient (Wildman–Crippen LogP) is 2.09. The van der Waals surface area contributed by atoms with E-state index in [0.29, 0.717) is 5.69 Å². The number of thiophene rings is 1. The minimum absolute atomic E-state index is 0.0915. The molecule has 0 fully saturated rings. The summed E-state index contributed by atoms with van der Waals surface area (Å²) in [6.45, 7) is 0. The van der Waals surface area contributed by atoms with Crippen LogP contribution in [0.3, 0.4) is 0 Å². The molecule has 0 aromatic carbocycles. The second kappa shape index (κ2) is 4.75. The van der Waals surface area contributed by atoms with Crippen LogP contribution in [0.15, 0.2) is 35.2 Å². The maximum Gasteiger partial charge on any atom is 0.338 e. The Morgan fingerprint density at radius 2 is 2.18 bits per heavy atom. The first kappa shape index (κ1) is 11.3. The van der Waals surface area contributed by atoms with Crippen molar-refractivity contribution in [2.45, 2.75) is 0 Å². The maximum atomic E-state index is 11.8. The molecular weight excluding hydrogens is 240 g/mol. The molecule has 0 atom stereocenters. The van der Waals surface area contributed by atoms with Crippen LogP contribution in [-0.4, -0.2) is 22.0 Å². The summed E-state index contributed by atoms with van der Waals surface area (Å²) in [5.74, 6) is -1.70. The van der Waals surface area contributed by atoms with Crippen LogP contribution in [0.1, 0.15) is 20.8 Å². The number of carbonyl (C=O) groups is 2. The maximum absolute atomic E-state index is 11.8. The number of nitrogens with one attached hydrogen (secondary N) is 1. The lowest BCUT2D eigenvalue weighted by molar-refractivity contribution is 0.0691. The molecule has 0 aliphatic rings. The summed E-state index contributed by atoms with van der Waals surface area (Å²) in [6, 6.07) is 4.55. The molecule has 0 saturated heterocycles. The summed E-state index contributed by atoms with van der Waals surface area (Å²) < 4.78 is 0. The fourth-order valence-electron chi connectivity index (χ4n) is 1.28. The van der Waals surface area contributed by atoms with Crippen molar-refractivity contribution in [2.75, 3.05) is 5.32 Å². The first-order valence-electron chi connectivity index (χ1n) is 4.70. The Morgan fingerprint density at radius 1 is 1.35 bits per heavy atom. The van der Waals surface area contributed by atoms with E-state index >= 15 is 0 Å². The zero-order valence-corrected chi connectivity index (χ0v) is 9.40. The monoisotopic (exact) mass is 248 g/mol. The molecule has 5 nitrogen and oxygen atoms in total. The summed E-state index contributed by atoms with van der Waals surface area (Å²) >= 11 is 1.44. The van der Waals surface area contributed by atoms with E-state index in [2.05, 4.69) is 10.3 Å². The summed E-state index contributed by atoms with van der Waals surface area (Å²) in [5.41, 5.74) is 0.424. The number of amides is 1. The molecule has 0 bridgehead atoms. The zero-order chi connectivity index (χ0) is 12.3. The van der Waals surface area contributed by atoms with E-state index in [4.69, 9.17) is 5.11 Å². The summed E-state index contributed by atoms with van der Waals surface area (Å²) in [4.78, 5) is 26.5. The predicted molar refractivity (Wildman–Crippen MR) is 63.5 cm³/mol. The van der Waals surface area contributed by atoms with Crippen LogP contribution < -0.4 is 5.32 Å². The topological polar surface area (TPSA) is 79.3 Å². The number of aromatic carboxylic acids is 1. The number of anilines is 1. The molecule has 0 spiro atoms. The fourth-order valence-corrected chi connectivity index (χ4v) is 1.87. The molecule has 0 radical (unpaired) electrons. The molecule has 0 saturated carbocycles. The average molecular weight is 248 g/mol. The number of hydrogen-bond donors (Lipinski definition) is 2. The Bertz CT molecular complexity index is 552. The van der Waals surface area contributed by atoms with Crippen LogP contribution in [0.2, 0.25) is 0 Å². The van der Waals surface area contributed by atoms with Crippen LogP contribution in [0, 0.1) is 0 Å². The largest absolute Gasteiger partial charge is 0.478 e. The minimum atomic E-state index is -1.17. The molecule has 17 heavy (non-hydrogen) atoms. The second-order valence-corrected chi connectivity index (χ2v) is 3.95. The van der Waals surface area contributed by atoms with Crippen LogP contribution >= 0.6 is 11.3 Å². The Balaban J connectivity index is 2.28. The van der Waals surface area contributed by atoms with Gasteiger partial charge in [0.2, 0.25) is 0 Å². The number of nitrogens with zero attached hydrogens (tertiary/aromatic N) is 1. The number of aromatic nitrogens is 1. The van der Waals surface area contributed by atoms with Gasteiger partial charge in [-0.05, 0) is 23.6 Å². The Hall–Kier alpha value is -2.21. The van der Waals surface area contributed by atoms with Gasteiger partial charge in [-0.25, -0.2) is 4.79 Å². The highest BCUT2D eigenvalue weighted by Gasteiger charge is 2.17. The molecular formula is C11H8N2O3S. The molecule has 2 aromatic rings. The van der Waals surface area contributed by atoms with Crippen molar-refractivity contribution >= 4 is 28.9 Å². The van der Waals surface area contributed by atoms with E-state index in [1.54, 1.807) is 11.4 Å². The van der Waals surface area contributed by atoms with E-state index in [1.807, 2.05) is 5.38 Å². The molecule has 2 aromatic heterocycles. The Morgan fingerprint density at radius 3 is 2.82 bits per heavy atom. The van der Waals surface area contributed by atoms with Crippen molar-refractivity contribution < 1.29 is 14.7 Å². The third-order valence-corrected chi connectivity index (χ3v) is 2.72. The van der Waals surface area contributed by atoms with Gasteiger partial charge >= 0.3 is 5.97 Å². The molecule has 2 heterocycles. The molecule has 0 aliphatic heterocycles. The second-order valence-electron chi connectivity index (χ2n) is 3.17. The summed E-state index contributed by atoms with van der Waals surface area (Å²) in [6.07, 6.45) is 1.38. The zero-order valence-electron chi connectivity index (χ0n) is 8.58. The van der Waals surface area contributed by atoms with Crippen LogP contribution in [0.25, 0.3) is 0 Å². The molecule has 2 rings (SSSR count). The number of carboxylic acids is 1. The highest BCUT2D eigenvalue weighted by Crippen LogP contribution is 2.14. The Labute approximate surface area is 101 Å². The van der Waals surface area contributed by atoms with Gasteiger partial charge < -0.3 is 10.4 Å². The van der Waals surface area contributed by atoms with E-state index in [-0.39, 0.29) is 11.3 Å². The van der Waals surface area contributed by atoms with Gasteiger partial charge in [0.1, 0.15) is 5.69 Å². The van der Waals surface area contributed by atoms with Crippen LogP contribution in [0.4, 0.5) is 5.69 Å². The van der Waals surface area contributed by atoms with E-state index in [9.17, 15) is 9.59 Å². The van der Waals surface area contributed by atoms with Gasteiger partial charge in [0.05, 0.1) is 11.3 Å². The van der Waals surface area contributed by atoms with Crippen molar-refractivity contribution in [3.8, 4) is 0 Å². The number of pyridine rings is 1. The molecule has 1 amide bonds. The highest BCUT2D eigenvalue weighted by atomic mass is 32.1. The van der Waals surface area contributed by atoms with Gasteiger partial charge in [0.15, 0.2) is 0 Å². The van der Waals surface area contributed by atoms with Gasteiger partial charge in [-0.2, -0.15) is 11.3 Å². The van der Waals surface area contributed by atoms with Gasteiger partial charge in [0.25, 0.3) is 5.91 Å². The number of hydrogen-bond acceptors (Lipinski definition) is 4. The number of carbonyl (C=O) groups excluding carboxylic acids is 1. The normalized spacial score (nSPS) is 9.88. The van der Waals surface area contributed by atoms with Gasteiger partial charge in [-0.15, -0.1) is 0 Å². The lowest BCUT2D eigenvalue weighted by atomic mass is 10.2.